The van der Waals surface area contributed by atoms with Gasteiger partial charge in [0.1, 0.15) is 0 Å². The zero-order valence-electron chi connectivity index (χ0n) is 12.0. The van der Waals surface area contributed by atoms with Crippen molar-refractivity contribution in [1.29, 1.82) is 0 Å². The molecular formula is C15H29NO. The Hall–Kier alpha value is -0.0800. The number of hydrogen-bond acceptors (Lipinski definition) is 2. The van der Waals surface area contributed by atoms with Crippen molar-refractivity contribution >= 4 is 0 Å². The molecule has 0 atom stereocenters. The third kappa shape index (κ3) is 2.53. The average molecular weight is 239 g/mol. The molecule has 100 valence electrons. The predicted octanol–water partition coefficient (Wildman–Crippen LogP) is 2.91. The molecule has 0 radical (unpaired) electrons. The minimum atomic E-state index is 0.133. The molecule has 0 bridgehead atoms. The molecule has 0 aromatic carbocycles. The number of rotatable bonds is 2. The lowest BCUT2D eigenvalue weighted by atomic mass is 9.70. The summed E-state index contributed by atoms with van der Waals surface area (Å²) in [5.74, 6) is 1.67. The maximum Gasteiger partial charge on any atom is 0.0615 e. The van der Waals surface area contributed by atoms with E-state index in [1.165, 1.54) is 38.8 Å². The fourth-order valence-corrected chi connectivity index (χ4v) is 3.29. The first-order valence-electron chi connectivity index (χ1n) is 7.23. The highest BCUT2D eigenvalue weighted by Crippen LogP contribution is 2.43. The number of hydrogen-bond donors (Lipinski definition) is 1. The molecule has 2 nitrogen and oxygen atoms in total. The SMILES string of the molecule is CC1CCC(CO)(N2CC(C(C)(C)C)C2)CC1. The largest absolute Gasteiger partial charge is 0.394 e. The zero-order valence-corrected chi connectivity index (χ0v) is 12.0. The van der Waals surface area contributed by atoms with Crippen LogP contribution in [0.25, 0.3) is 0 Å². The third-order valence-electron chi connectivity index (χ3n) is 5.28. The van der Waals surface area contributed by atoms with Gasteiger partial charge in [0.2, 0.25) is 0 Å². The Labute approximate surface area is 106 Å². The van der Waals surface area contributed by atoms with Crippen molar-refractivity contribution in [2.45, 2.75) is 58.9 Å². The summed E-state index contributed by atoms with van der Waals surface area (Å²) in [6.07, 6.45) is 4.97. The van der Waals surface area contributed by atoms with E-state index < -0.39 is 0 Å². The number of likely N-dealkylation sites (tertiary alicyclic amines) is 1. The van der Waals surface area contributed by atoms with Crippen molar-refractivity contribution in [3.8, 4) is 0 Å². The van der Waals surface area contributed by atoms with Crippen LogP contribution in [0.1, 0.15) is 53.4 Å². The molecule has 0 spiro atoms. The molecule has 1 aliphatic heterocycles. The lowest BCUT2D eigenvalue weighted by molar-refractivity contribution is -0.0970. The van der Waals surface area contributed by atoms with Crippen molar-refractivity contribution in [3.05, 3.63) is 0 Å². The first-order valence-corrected chi connectivity index (χ1v) is 7.23. The second-order valence-corrected chi connectivity index (χ2v) is 7.53. The van der Waals surface area contributed by atoms with Gasteiger partial charge < -0.3 is 5.11 Å². The van der Waals surface area contributed by atoms with Crippen LogP contribution in [-0.4, -0.2) is 35.2 Å². The van der Waals surface area contributed by atoms with Gasteiger partial charge in [-0.25, -0.2) is 0 Å². The van der Waals surface area contributed by atoms with Gasteiger partial charge in [0.15, 0.2) is 0 Å². The Morgan fingerprint density at radius 2 is 1.71 bits per heavy atom. The lowest BCUT2D eigenvalue weighted by Crippen LogP contribution is -2.64. The molecule has 2 aliphatic rings. The molecule has 2 heteroatoms. The maximum atomic E-state index is 9.81. The first kappa shape index (κ1) is 13.4. The summed E-state index contributed by atoms with van der Waals surface area (Å²) in [4.78, 5) is 2.56. The van der Waals surface area contributed by atoms with Gasteiger partial charge in [0.25, 0.3) is 0 Å². The van der Waals surface area contributed by atoms with Crippen LogP contribution in [0.3, 0.4) is 0 Å². The Morgan fingerprint density at radius 1 is 1.18 bits per heavy atom. The van der Waals surface area contributed by atoms with E-state index in [0.717, 1.165) is 11.8 Å². The van der Waals surface area contributed by atoms with Gasteiger partial charge in [-0.2, -0.15) is 0 Å². The molecule has 0 aromatic heterocycles. The molecule has 1 aliphatic carbocycles. The summed E-state index contributed by atoms with van der Waals surface area (Å²) in [6, 6.07) is 0. The molecular weight excluding hydrogens is 210 g/mol. The van der Waals surface area contributed by atoms with Crippen molar-refractivity contribution < 1.29 is 5.11 Å². The van der Waals surface area contributed by atoms with E-state index in [2.05, 4.69) is 32.6 Å². The van der Waals surface area contributed by atoms with Crippen LogP contribution in [0.4, 0.5) is 0 Å². The quantitative estimate of drug-likeness (QED) is 0.801. The van der Waals surface area contributed by atoms with Crippen LogP contribution in [-0.2, 0) is 0 Å². The Bertz CT molecular complexity index is 255. The lowest BCUT2D eigenvalue weighted by Gasteiger charge is -2.57. The second kappa shape index (κ2) is 4.55. The molecule has 2 fully saturated rings. The highest BCUT2D eigenvalue weighted by molar-refractivity contribution is 5.01. The average Bonchev–Trinajstić information content (AvgIpc) is 2.17. The van der Waals surface area contributed by atoms with Crippen LogP contribution in [0, 0.1) is 17.3 Å². The smallest absolute Gasteiger partial charge is 0.0615 e. The Balaban J connectivity index is 1.93. The molecule has 0 unspecified atom stereocenters. The predicted molar refractivity (Wildman–Crippen MR) is 72.0 cm³/mol. The van der Waals surface area contributed by atoms with E-state index in [9.17, 15) is 5.11 Å². The van der Waals surface area contributed by atoms with Crippen molar-refractivity contribution in [2.75, 3.05) is 19.7 Å². The summed E-state index contributed by atoms with van der Waals surface area (Å²) in [6.45, 7) is 12.1. The van der Waals surface area contributed by atoms with Crippen molar-refractivity contribution in [1.82, 2.24) is 4.90 Å². The minimum Gasteiger partial charge on any atom is -0.394 e. The van der Waals surface area contributed by atoms with E-state index in [4.69, 9.17) is 0 Å². The third-order valence-corrected chi connectivity index (χ3v) is 5.28. The van der Waals surface area contributed by atoms with E-state index in [0.29, 0.717) is 12.0 Å². The van der Waals surface area contributed by atoms with Crippen LogP contribution in [0.5, 0.6) is 0 Å². The van der Waals surface area contributed by atoms with E-state index in [-0.39, 0.29) is 5.54 Å². The highest BCUT2D eigenvalue weighted by atomic mass is 16.3. The Morgan fingerprint density at radius 3 is 2.12 bits per heavy atom. The summed E-state index contributed by atoms with van der Waals surface area (Å²) in [5, 5.41) is 9.81. The van der Waals surface area contributed by atoms with E-state index in [1.54, 1.807) is 0 Å². The molecule has 1 heterocycles. The topological polar surface area (TPSA) is 23.5 Å². The van der Waals surface area contributed by atoms with Gasteiger partial charge in [-0.1, -0.05) is 27.7 Å². The fraction of sp³-hybridized carbons (Fsp3) is 1.00. The molecule has 1 N–H and O–H groups in total. The normalized spacial score (nSPS) is 36.9. The number of nitrogens with zero attached hydrogens (tertiary/aromatic N) is 1. The van der Waals surface area contributed by atoms with Crippen LogP contribution < -0.4 is 0 Å². The number of aliphatic hydroxyl groups is 1. The van der Waals surface area contributed by atoms with Gasteiger partial charge in [-0.05, 0) is 42.9 Å². The van der Waals surface area contributed by atoms with Crippen LogP contribution in [0.15, 0.2) is 0 Å². The van der Waals surface area contributed by atoms with Gasteiger partial charge in [-0.3, -0.25) is 4.90 Å². The maximum absolute atomic E-state index is 9.81. The zero-order chi connectivity index (χ0) is 12.7. The Kier molecular flexibility index (Phi) is 3.57. The molecule has 1 saturated carbocycles. The van der Waals surface area contributed by atoms with Crippen molar-refractivity contribution in [2.24, 2.45) is 17.3 Å². The monoisotopic (exact) mass is 239 g/mol. The van der Waals surface area contributed by atoms with Gasteiger partial charge in [-0.15, -0.1) is 0 Å². The van der Waals surface area contributed by atoms with Crippen LogP contribution >= 0.6 is 0 Å². The highest BCUT2D eigenvalue weighted by Gasteiger charge is 2.47. The van der Waals surface area contributed by atoms with Gasteiger partial charge >= 0.3 is 0 Å². The summed E-state index contributed by atoms with van der Waals surface area (Å²) in [7, 11) is 0. The molecule has 2 rings (SSSR count). The summed E-state index contributed by atoms with van der Waals surface area (Å²) >= 11 is 0. The molecule has 0 amide bonds. The minimum absolute atomic E-state index is 0.133. The number of aliphatic hydroxyl groups excluding tert-OH is 1. The molecule has 17 heavy (non-hydrogen) atoms. The van der Waals surface area contributed by atoms with Crippen molar-refractivity contribution in [3.63, 3.8) is 0 Å². The van der Waals surface area contributed by atoms with E-state index >= 15 is 0 Å². The molecule has 0 aromatic rings. The fourth-order valence-electron chi connectivity index (χ4n) is 3.29. The second-order valence-electron chi connectivity index (χ2n) is 7.53. The standard InChI is InChI=1S/C15H29NO/c1-12-5-7-15(11-17,8-6-12)16-9-13(10-16)14(2,3)4/h12-13,17H,5-11H2,1-4H3. The first-order chi connectivity index (χ1) is 7.87. The van der Waals surface area contributed by atoms with Crippen LogP contribution in [0.2, 0.25) is 0 Å². The summed E-state index contributed by atoms with van der Waals surface area (Å²) < 4.78 is 0. The van der Waals surface area contributed by atoms with Gasteiger partial charge in [0, 0.05) is 18.6 Å². The summed E-state index contributed by atoms with van der Waals surface area (Å²) in [5.41, 5.74) is 0.559. The van der Waals surface area contributed by atoms with E-state index in [1.807, 2.05) is 0 Å². The molecule has 1 saturated heterocycles. The van der Waals surface area contributed by atoms with Gasteiger partial charge in [0.05, 0.1) is 6.61 Å².